The third kappa shape index (κ3) is 1.51. The maximum Gasteiger partial charge on any atom is 0.339 e. The quantitative estimate of drug-likeness (QED) is 0.707. The van der Waals surface area contributed by atoms with Crippen molar-refractivity contribution in [2.24, 2.45) is 0 Å². The summed E-state index contributed by atoms with van der Waals surface area (Å²) in [6, 6.07) is 0. The summed E-state index contributed by atoms with van der Waals surface area (Å²) in [5, 5.41) is 9.84. The summed E-state index contributed by atoms with van der Waals surface area (Å²) < 4.78 is 4.66. The van der Waals surface area contributed by atoms with Crippen LogP contribution in [0, 0.1) is 0 Å². The number of rotatable bonds is 1. The van der Waals surface area contributed by atoms with E-state index in [2.05, 4.69) is 9.72 Å². The van der Waals surface area contributed by atoms with Gasteiger partial charge in [0.15, 0.2) is 0 Å². The molecule has 0 aliphatic heterocycles. The smallest absolute Gasteiger partial charge is 0.339 e. The van der Waals surface area contributed by atoms with Crippen molar-refractivity contribution in [1.82, 2.24) is 4.98 Å². The number of hydrogen-bond donors (Lipinski definition) is 1. The van der Waals surface area contributed by atoms with Crippen molar-refractivity contribution < 1.29 is 14.6 Å². The zero-order chi connectivity index (χ0) is 11.0. The minimum Gasteiger partial charge on any atom is -0.465 e. The van der Waals surface area contributed by atoms with Gasteiger partial charge in [-0.3, -0.25) is 4.98 Å². The van der Waals surface area contributed by atoms with Gasteiger partial charge in [-0.2, -0.15) is 0 Å². The van der Waals surface area contributed by atoms with Gasteiger partial charge in [0, 0.05) is 18.0 Å². The third-order valence-corrected chi connectivity index (χ3v) is 2.86. The largest absolute Gasteiger partial charge is 0.465 e. The molecule has 0 bridgehead atoms. The van der Waals surface area contributed by atoms with Gasteiger partial charge in [0.25, 0.3) is 0 Å². The molecule has 0 aromatic carbocycles. The van der Waals surface area contributed by atoms with Crippen molar-refractivity contribution in [2.75, 3.05) is 7.11 Å². The molecule has 4 heteroatoms. The van der Waals surface area contributed by atoms with Crippen LogP contribution in [0.1, 0.15) is 46.9 Å². The Morgan fingerprint density at radius 1 is 1.60 bits per heavy atom. The molecule has 0 saturated heterocycles. The van der Waals surface area contributed by atoms with Gasteiger partial charge in [0.1, 0.15) is 0 Å². The Bertz CT molecular complexity index is 403. The Morgan fingerprint density at radius 3 is 3.00 bits per heavy atom. The Morgan fingerprint density at radius 2 is 2.33 bits per heavy atom. The number of hydrogen-bond acceptors (Lipinski definition) is 4. The van der Waals surface area contributed by atoms with Gasteiger partial charge in [-0.1, -0.05) is 6.92 Å². The van der Waals surface area contributed by atoms with E-state index in [4.69, 9.17) is 0 Å². The van der Waals surface area contributed by atoms with E-state index in [1.807, 2.05) is 6.92 Å². The molecule has 0 radical (unpaired) electrons. The van der Waals surface area contributed by atoms with Gasteiger partial charge in [0.05, 0.1) is 18.8 Å². The number of methoxy groups -OCH3 is 1. The van der Waals surface area contributed by atoms with Crippen LogP contribution in [0.3, 0.4) is 0 Å². The van der Waals surface area contributed by atoms with Crippen LogP contribution in [0.5, 0.6) is 0 Å². The number of carbonyl (C=O) groups excluding carboxylic acids is 1. The lowest BCUT2D eigenvalue weighted by molar-refractivity contribution is 0.0593. The number of pyridine rings is 1. The highest BCUT2D eigenvalue weighted by Crippen LogP contribution is 2.41. The average molecular weight is 207 g/mol. The fourth-order valence-corrected chi connectivity index (χ4v) is 2.10. The number of aliphatic hydroxyl groups is 1. The second-order valence-electron chi connectivity index (χ2n) is 3.83. The highest BCUT2D eigenvalue weighted by atomic mass is 16.5. The van der Waals surface area contributed by atoms with Crippen LogP contribution < -0.4 is 0 Å². The van der Waals surface area contributed by atoms with E-state index < -0.39 is 12.1 Å². The van der Waals surface area contributed by atoms with Crippen molar-refractivity contribution in [3.8, 4) is 0 Å². The lowest BCUT2D eigenvalue weighted by Gasteiger charge is -2.08. The highest BCUT2D eigenvalue weighted by molar-refractivity contribution is 5.91. The molecule has 15 heavy (non-hydrogen) atoms. The van der Waals surface area contributed by atoms with Crippen molar-refractivity contribution in [2.45, 2.75) is 25.4 Å². The number of carbonyl (C=O) groups is 1. The standard InChI is InChI=1S/C11H13NO3/c1-6-3-9(13)10-7(6)4-12-5-8(10)11(14)15-2/h4-6,9,13H,3H2,1-2H3. The first-order valence-corrected chi connectivity index (χ1v) is 4.89. The molecule has 1 aromatic rings. The summed E-state index contributed by atoms with van der Waals surface area (Å²) >= 11 is 0. The van der Waals surface area contributed by atoms with Crippen molar-refractivity contribution in [3.05, 3.63) is 29.1 Å². The zero-order valence-corrected chi connectivity index (χ0v) is 8.73. The number of nitrogens with zero attached hydrogens (tertiary/aromatic N) is 1. The van der Waals surface area contributed by atoms with E-state index in [0.29, 0.717) is 17.5 Å². The molecule has 2 rings (SSSR count). The second-order valence-corrected chi connectivity index (χ2v) is 3.83. The Hall–Kier alpha value is -1.42. The summed E-state index contributed by atoms with van der Waals surface area (Å²) in [4.78, 5) is 15.5. The summed E-state index contributed by atoms with van der Waals surface area (Å²) in [5.41, 5.74) is 2.02. The zero-order valence-electron chi connectivity index (χ0n) is 8.73. The van der Waals surface area contributed by atoms with Gasteiger partial charge in [-0.05, 0) is 17.9 Å². The second kappa shape index (κ2) is 3.62. The molecule has 1 aliphatic carbocycles. The van der Waals surface area contributed by atoms with Crippen LogP contribution >= 0.6 is 0 Å². The first-order chi connectivity index (χ1) is 7.15. The van der Waals surface area contributed by atoms with Crippen LogP contribution in [0.25, 0.3) is 0 Å². The maximum atomic E-state index is 11.5. The van der Waals surface area contributed by atoms with Crippen molar-refractivity contribution in [3.63, 3.8) is 0 Å². The minimum absolute atomic E-state index is 0.243. The molecule has 1 aliphatic rings. The molecular formula is C11H13NO3. The molecule has 4 nitrogen and oxygen atoms in total. The summed E-state index contributed by atoms with van der Waals surface area (Å²) in [5.74, 6) is -0.195. The van der Waals surface area contributed by atoms with Gasteiger partial charge < -0.3 is 9.84 Å². The Labute approximate surface area is 87.9 Å². The minimum atomic E-state index is -0.577. The van der Waals surface area contributed by atoms with E-state index in [9.17, 15) is 9.90 Å². The van der Waals surface area contributed by atoms with Crippen LogP contribution in [0.15, 0.2) is 12.4 Å². The average Bonchev–Trinajstić information content (AvgIpc) is 2.54. The highest BCUT2D eigenvalue weighted by Gasteiger charge is 2.31. The van der Waals surface area contributed by atoms with Crippen LogP contribution in [-0.4, -0.2) is 23.2 Å². The summed E-state index contributed by atoms with van der Waals surface area (Å²) in [6.07, 6.45) is 3.23. The lowest BCUT2D eigenvalue weighted by atomic mass is 10.0. The maximum absolute atomic E-state index is 11.5. The monoisotopic (exact) mass is 207 g/mol. The fraction of sp³-hybridized carbons (Fsp3) is 0.455. The van der Waals surface area contributed by atoms with E-state index >= 15 is 0 Å². The van der Waals surface area contributed by atoms with E-state index in [0.717, 1.165) is 5.56 Å². The van der Waals surface area contributed by atoms with Gasteiger partial charge in [-0.25, -0.2) is 4.79 Å². The van der Waals surface area contributed by atoms with Crippen LogP contribution in [-0.2, 0) is 4.74 Å². The van der Waals surface area contributed by atoms with Crippen LogP contribution in [0.2, 0.25) is 0 Å². The predicted octanol–water partition coefficient (Wildman–Crippen LogP) is 1.41. The van der Waals surface area contributed by atoms with E-state index in [1.165, 1.54) is 13.3 Å². The lowest BCUT2D eigenvalue weighted by Crippen LogP contribution is -2.08. The molecule has 1 heterocycles. The first-order valence-electron chi connectivity index (χ1n) is 4.89. The third-order valence-electron chi connectivity index (χ3n) is 2.86. The molecule has 0 amide bonds. The SMILES string of the molecule is COC(=O)c1cncc2c1C(O)CC2C. The first kappa shape index (κ1) is 10.1. The molecule has 0 spiro atoms. The molecule has 2 unspecified atom stereocenters. The van der Waals surface area contributed by atoms with E-state index in [1.54, 1.807) is 6.20 Å². The normalized spacial score (nSPS) is 23.7. The van der Waals surface area contributed by atoms with Gasteiger partial charge in [-0.15, -0.1) is 0 Å². The predicted molar refractivity (Wildman–Crippen MR) is 53.6 cm³/mol. The molecule has 1 N–H and O–H groups in total. The number of esters is 1. The topological polar surface area (TPSA) is 59.4 Å². The molecule has 0 saturated carbocycles. The Kier molecular flexibility index (Phi) is 2.44. The van der Waals surface area contributed by atoms with E-state index in [-0.39, 0.29) is 5.92 Å². The van der Waals surface area contributed by atoms with Crippen LogP contribution in [0.4, 0.5) is 0 Å². The summed E-state index contributed by atoms with van der Waals surface area (Å²) in [7, 11) is 1.33. The fourth-order valence-electron chi connectivity index (χ4n) is 2.10. The number of fused-ring (bicyclic) bond motifs is 1. The van der Waals surface area contributed by atoms with Crippen molar-refractivity contribution >= 4 is 5.97 Å². The number of aromatic nitrogens is 1. The Balaban J connectivity index is 2.55. The number of ether oxygens (including phenoxy) is 1. The van der Waals surface area contributed by atoms with Gasteiger partial charge >= 0.3 is 5.97 Å². The van der Waals surface area contributed by atoms with Crippen molar-refractivity contribution in [1.29, 1.82) is 0 Å². The molecule has 1 aromatic heterocycles. The van der Waals surface area contributed by atoms with Gasteiger partial charge in [0.2, 0.25) is 0 Å². The summed E-state index contributed by atoms with van der Waals surface area (Å²) in [6.45, 7) is 2.01. The molecule has 80 valence electrons. The number of aliphatic hydroxyl groups excluding tert-OH is 1. The molecule has 0 fully saturated rings. The molecule has 2 atom stereocenters. The molecular weight excluding hydrogens is 194 g/mol.